The standard InChI is InChI=1S/C14H10N6O/c15-14-19-12-11(17-7-18-12)13(20-14)21-9-5-8-3-1-2-4-10(8)16-6-9/h1-7H,(H3,15,17,18,19,20). The summed E-state index contributed by atoms with van der Waals surface area (Å²) >= 11 is 0. The van der Waals surface area contributed by atoms with Crippen LogP contribution in [0.5, 0.6) is 11.6 Å². The number of imidazole rings is 1. The Morgan fingerprint density at radius 1 is 1.10 bits per heavy atom. The molecule has 3 aromatic heterocycles. The van der Waals surface area contributed by atoms with Crippen LogP contribution in [0, 0.1) is 0 Å². The van der Waals surface area contributed by atoms with E-state index in [1.165, 1.54) is 6.33 Å². The van der Waals surface area contributed by atoms with Gasteiger partial charge in [-0.3, -0.25) is 4.98 Å². The van der Waals surface area contributed by atoms with Crippen LogP contribution in [0.3, 0.4) is 0 Å². The second-order valence-electron chi connectivity index (χ2n) is 4.45. The van der Waals surface area contributed by atoms with E-state index in [0.717, 1.165) is 10.9 Å². The smallest absolute Gasteiger partial charge is 0.250 e. The number of H-pyrrole nitrogens is 1. The van der Waals surface area contributed by atoms with Crippen LogP contribution in [0.2, 0.25) is 0 Å². The van der Waals surface area contributed by atoms with Crippen molar-refractivity contribution in [2.75, 3.05) is 5.73 Å². The molecule has 0 bridgehead atoms. The molecule has 0 aliphatic heterocycles. The third-order valence-corrected chi connectivity index (χ3v) is 3.05. The summed E-state index contributed by atoms with van der Waals surface area (Å²) in [6, 6.07) is 9.69. The summed E-state index contributed by atoms with van der Waals surface area (Å²) in [6.45, 7) is 0. The number of hydrogen-bond acceptors (Lipinski definition) is 6. The molecule has 102 valence electrons. The fourth-order valence-corrected chi connectivity index (χ4v) is 2.11. The van der Waals surface area contributed by atoms with E-state index in [4.69, 9.17) is 10.5 Å². The number of benzene rings is 1. The maximum absolute atomic E-state index is 5.77. The van der Waals surface area contributed by atoms with Crippen molar-refractivity contribution < 1.29 is 4.74 Å². The SMILES string of the molecule is Nc1nc(Oc2cnc3ccccc3c2)c2[nH]cnc2n1. The van der Waals surface area contributed by atoms with E-state index in [9.17, 15) is 0 Å². The molecule has 7 nitrogen and oxygen atoms in total. The predicted molar refractivity (Wildman–Crippen MR) is 77.9 cm³/mol. The van der Waals surface area contributed by atoms with Crippen molar-refractivity contribution >= 4 is 28.0 Å². The lowest BCUT2D eigenvalue weighted by Crippen LogP contribution is -1.98. The summed E-state index contributed by atoms with van der Waals surface area (Å²) in [5.74, 6) is 1.01. The molecule has 4 rings (SSSR count). The first-order valence-electron chi connectivity index (χ1n) is 6.29. The largest absolute Gasteiger partial charge is 0.435 e. The summed E-state index contributed by atoms with van der Waals surface area (Å²) < 4.78 is 5.77. The summed E-state index contributed by atoms with van der Waals surface area (Å²) in [5, 5.41) is 0.984. The molecule has 0 fully saturated rings. The normalized spacial score (nSPS) is 11.0. The van der Waals surface area contributed by atoms with Crippen molar-refractivity contribution in [3.63, 3.8) is 0 Å². The van der Waals surface area contributed by atoms with Gasteiger partial charge >= 0.3 is 0 Å². The topological polar surface area (TPSA) is 103 Å². The average molecular weight is 278 g/mol. The number of hydrogen-bond donors (Lipinski definition) is 2. The third kappa shape index (κ3) is 2.00. The van der Waals surface area contributed by atoms with E-state index in [2.05, 4.69) is 24.9 Å². The van der Waals surface area contributed by atoms with Crippen LogP contribution < -0.4 is 10.5 Å². The number of nitrogens with two attached hydrogens (primary N) is 1. The Kier molecular flexibility index (Phi) is 2.43. The minimum Gasteiger partial charge on any atom is -0.435 e. The van der Waals surface area contributed by atoms with E-state index in [1.54, 1.807) is 6.20 Å². The molecule has 21 heavy (non-hydrogen) atoms. The Balaban J connectivity index is 1.80. The van der Waals surface area contributed by atoms with Gasteiger partial charge in [0.25, 0.3) is 5.88 Å². The zero-order valence-electron chi connectivity index (χ0n) is 10.8. The maximum atomic E-state index is 5.77. The zero-order chi connectivity index (χ0) is 14.2. The maximum Gasteiger partial charge on any atom is 0.250 e. The molecule has 0 saturated heterocycles. The third-order valence-electron chi connectivity index (χ3n) is 3.05. The molecular weight excluding hydrogens is 268 g/mol. The number of ether oxygens (including phenoxy) is 1. The highest BCUT2D eigenvalue weighted by Crippen LogP contribution is 2.27. The number of nitrogens with zero attached hydrogens (tertiary/aromatic N) is 4. The molecular formula is C14H10N6O. The van der Waals surface area contributed by atoms with Crippen LogP contribution >= 0.6 is 0 Å². The Morgan fingerprint density at radius 3 is 2.95 bits per heavy atom. The van der Waals surface area contributed by atoms with Gasteiger partial charge in [0.05, 0.1) is 18.0 Å². The molecule has 0 spiro atoms. The van der Waals surface area contributed by atoms with Gasteiger partial charge in [0.15, 0.2) is 5.65 Å². The molecule has 3 heterocycles. The summed E-state index contributed by atoms with van der Waals surface area (Å²) in [6.07, 6.45) is 3.16. The molecule has 7 heteroatoms. The fraction of sp³-hybridized carbons (Fsp3) is 0. The van der Waals surface area contributed by atoms with Crippen LogP contribution in [-0.2, 0) is 0 Å². The highest BCUT2D eigenvalue weighted by atomic mass is 16.5. The Morgan fingerprint density at radius 2 is 2.00 bits per heavy atom. The minimum absolute atomic E-state index is 0.110. The number of pyridine rings is 1. The molecule has 0 amide bonds. The number of fused-ring (bicyclic) bond motifs is 2. The van der Waals surface area contributed by atoms with E-state index in [-0.39, 0.29) is 5.95 Å². The van der Waals surface area contributed by atoms with Gasteiger partial charge in [0, 0.05) is 5.39 Å². The lowest BCUT2D eigenvalue weighted by atomic mass is 10.2. The molecule has 1 aromatic carbocycles. The van der Waals surface area contributed by atoms with Gasteiger partial charge in [0.1, 0.15) is 11.3 Å². The van der Waals surface area contributed by atoms with Crippen molar-refractivity contribution in [1.82, 2.24) is 24.9 Å². The van der Waals surface area contributed by atoms with E-state index in [0.29, 0.717) is 22.8 Å². The molecule has 0 radical (unpaired) electrons. The van der Waals surface area contributed by atoms with Gasteiger partial charge in [0.2, 0.25) is 5.95 Å². The zero-order valence-corrected chi connectivity index (χ0v) is 10.8. The second kappa shape index (κ2) is 4.41. The van der Waals surface area contributed by atoms with E-state index in [1.807, 2.05) is 30.3 Å². The average Bonchev–Trinajstić information content (AvgIpc) is 2.95. The number of para-hydroxylation sites is 1. The highest BCUT2D eigenvalue weighted by Gasteiger charge is 2.11. The molecule has 0 unspecified atom stereocenters. The quantitative estimate of drug-likeness (QED) is 0.583. The van der Waals surface area contributed by atoms with Gasteiger partial charge in [-0.05, 0) is 12.1 Å². The van der Waals surface area contributed by atoms with Gasteiger partial charge in [-0.25, -0.2) is 4.98 Å². The Hall–Kier alpha value is -3.22. The number of nitrogen functional groups attached to an aromatic ring is 1. The minimum atomic E-state index is 0.110. The molecule has 0 saturated carbocycles. The summed E-state index contributed by atoms with van der Waals surface area (Å²) in [4.78, 5) is 19.4. The number of rotatable bonds is 2. The van der Waals surface area contributed by atoms with Gasteiger partial charge < -0.3 is 15.5 Å². The molecule has 3 N–H and O–H groups in total. The van der Waals surface area contributed by atoms with Crippen LogP contribution in [0.4, 0.5) is 5.95 Å². The molecule has 0 atom stereocenters. The van der Waals surface area contributed by atoms with Crippen molar-refractivity contribution in [2.45, 2.75) is 0 Å². The Bertz CT molecular complexity index is 948. The molecule has 4 aromatic rings. The number of aromatic amines is 1. The predicted octanol–water partition coefficient (Wildman–Crippen LogP) is 2.28. The van der Waals surface area contributed by atoms with Crippen LogP contribution in [0.25, 0.3) is 22.1 Å². The van der Waals surface area contributed by atoms with Crippen molar-refractivity contribution in [2.24, 2.45) is 0 Å². The van der Waals surface area contributed by atoms with Crippen LogP contribution in [0.1, 0.15) is 0 Å². The van der Waals surface area contributed by atoms with Gasteiger partial charge in [-0.1, -0.05) is 18.2 Å². The summed E-state index contributed by atoms with van der Waals surface area (Å²) in [5.41, 5.74) is 7.62. The van der Waals surface area contributed by atoms with Crippen molar-refractivity contribution in [3.8, 4) is 11.6 Å². The first-order chi connectivity index (χ1) is 10.3. The first-order valence-corrected chi connectivity index (χ1v) is 6.29. The lowest BCUT2D eigenvalue weighted by Gasteiger charge is -2.06. The van der Waals surface area contributed by atoms with E-state index < -0.39 is 0 Å². The highest BCUT2D eigenvalue weighted by molar-refractivity contribution is 5.80. The number of nitrogens with one attached hydrogen (secondary N) is 1. The van der Waals surface area contributed by atoms with Gasteiger partial charge in [-0.2, -0.15) is 9.97 Å². The summed E-state index contributed by atoms with van der Waals surface area (Å²) in [7, 11) is 0. The monoisotopic (exact) mass is 278 g/mol. The van der Waals surface area contributed by atoms with Crippen LogP contribution in [0.15, 0.2) is 42.9 Å². The van der Waals surface area contributed by atoms with E-state index >= 15 is 0 Å². The fourth-order valence-electron chi connectivity index (χ4n) is 2.11. The number of anilines is 1. The lowest BCUT2D eigenvalue weighted by molar-refractivity contribution is 0.467. The Labute approximate surface area is 118 Å². The van der Waals surface area contributed by atoms with Crippen molar-refractivity contribution in [1.29, 1.82) is 0 Å². The van der Waals surface area contributed by atoms with Crippen molar-refractivity contribution in [3.05, 3.63) is 42.9 Å². The second-order valence-corrected chi connectivity index (χ2v) is 4.45. The van der Waals surface area contributed by atoms with Gasteiger partial charge in [-0.15, -0.1) is 0 Å². The molecule has 0 aliphatic rings. The van der Waals surface area contributed by atoms with Crippen LogP contribution in [-0.4, -0.2) is 24.9 Å². The number of aromatic nitrogens is 5. The first kappa shape index (κ1) is 11.6. The molecule has 0 aliphatic carbocycles.